The zero-order chi connectivity index (χ0) is 21.3. The normalized spacial score (nSPS) is 10.2. The summed E-state index contributed by atoms with van der Waals surface area (Å²) in [5.74, 6) is 0.688. The lowest BCUT2D eigenvalue weighted by Gasteiger charge is -2.13. The Bertz CT molecular complexity index is 1060. The van der Waals surface area contributed by atoms with Gasteiger partial charge in [0.1, 0.15) is 12.4 Å². The Morgan fingerprint density at radius 3 is 2.50 bits per heavy atom. The molecule has 3 aromatic rings. The maximum atomic E-state index is 12.3. The molecule has 0 spiro atoms. The summed E-state index contributed by atoms with van der Waals surface area (Å²) in [5, 5.41) is 15.4. The number of nitrogens with one attached hydrogen (secondary N) is 2. The number of halogens is 2. The highest BCUT2D eigenvalue weighted by Crippen LogP contribution is 2.21. The molecule has 5 nitrogen and oxygen atoms in total. The summed E-state index contributed by atoms with van der Waals surface area (Å²) in [5.41, 5.74) is 3.19. The number of benzene rings is 3. The van der Waals surface area contributed by atoms with Crippen LogP contribution < -0.4 is 15.4 Å². The standard InChI is InChI=1S/C23H19Cl2N3O2/c24-19-8-7-17(21(25)13-19)14-27-23(29)28-22-4-2-1-3-18(22)15-30-20-9-5-16(6-10-20)11-12-26/h1-10,13H,11,14-15H2,(H2,27,28,29). The van der Waals surface area contributed by atoms with Gasteiger partial charge in [-0.25, -0.2) is 4.79 Å². The van der Waals surface area contributed by atoms with E-state index in [0.717, 1.165) is 16.7 Å². The first-order valence-electron chi connectivity index (χ1n) is 9.20. The SMILES string of the molecule is N#CCc1ccc(OCc2ccccc2NC(=O)NCc2ccc(Cl)cc2Cl)cc1. The fraction of sp³-hybridized carbons (Fsp3) is 0.130. The molecule has 0 fully saturated rings. The van der Waals surface area contributed by atoms with E-state index in [4.69, 9.17) is 33.2 Å². The predicted molar refractivity (Wildman–Crippen MR) is 119 cm³/mol. The van der Waals surface area contributed by atoms with Crippen LogP contribution >= 0.6 is 23.2 Å². The first-order valence-corrected chi connectivity index (χ1v) is 9.96. The van der Waals surface area contributed by atoms with E-state index >= 15 is 0 Å². The lowest BCUT2D eigenvalue weighted by molar-refractivity contribution is 0.251. The molecule has 0 bridgehead atoms. The largest absolute Gasteiger partial charge is 0.489 e. The zero-order valence-corrected chi connectivity index (χ0v) is 17.5. The van der Waals surface area contributed by atoms with Gasteiger partial charge in [-0.15, -0.1) is 0 Å². The van der Waals surface area contributed by atoms with Crippen molar-refractivity contribution in [3.63, 3.8) is 0 Å². The molecular weight excluding hydrogens is 421 g/mol. The molecule has 0 unspecified atom stereocenters. The number of carbonyl (C=O) groups excluding carboxylic acids is 1. The van der Waals surface area contributed by atoms with Crippen molar-refractivity contribution in [2.45, 2.75) is 19.6 Å². The van der Waals surface area contributed by atoms with E-state index in [2.05, 4.69) is 16.7 Å². The molecule has 0 aliphatic heterocycles. The third-order valence-corrected chi connectivity index (χ3v) is 4.91. The second-order valence-corrected chi connectivity index (χ2v) is 7.31. The third-order valence-electron chi connectivity index (χ3n) is 4.32. The summed E-state index contributed by atoms with van der Waals surface area (Å²) in [6, 6.07) is 21.7. The van der Waals surface area contributed by atoms with E-state index in [1.165, 1.54) is 0 Å². The maximum Gasteiger partial charge on any atom is 0.319 e. The Hall–Kier alpha value is -3.20. The molecule has 2 amide bonds. The lowest BCUT2D eigenvalue weighted by atomic mass is 10.1. The van der Waals surface area contributed by atoms with Gasteiger partial charge in [0.25, 0.3) is 0 Å². The second kappa shape index (κ2) is 10.5. The molecule has 0 heterocycles. The molecule has 0 aliphatic carbocycles. The molecule has 30 heavy (non-hydrogen) atoms. The Labute approximate surface area is 185 Å². The molecule has 0 radical (unpaired) electrons. The van der Waals surface area contributed by atoms with Gasteiger partial charge in [-0.1, -0.05) is 59.6 Å². The van der Waals surface area contributed by atoms with E-state index < -0.39 is 0 Å². The minimum Gasteiger partial charge on any atom is -0.489 e. The quantitative estimate of drug-likeness (QED) is 0.476. The molecule has 0 aliphatic rings. The summed E-state index contributed by atoms with van der Waals surface area (Å²) in [7, 11) is 0. The van der Waals surface area contributed by atoms with Gasteiger partial charge in [0.05, 0.1) is 12.5 Å². The van der Waals surface area contributed by atoms with Crippen LogP contribution in [0.3, 0.4) is 0 Å². The summed E-state index contributed by atoms with van der Waals surface area (Å²) in [6.45, 7) is 0.562. The van der Waals surface area contributed by atoms with E-state index in [0.29, 0.717) is 27.9 Å². The van der Waals surface area contributed by atoms with Gasteiger partial charge in [0.15, 0.2) is 0 Å². The van der Waals surface area contributed by atoms with E-state index in [1.54, 1.807) is 18.2 Å². The van der Waals surface area contributed by atoms with Crippen LogP contribution in [0.1, 0.15) is 16.7 Å². The number of amides is 2. The minimum absolute atomic E-state index is 0.273. The van der Waals surface area contributed by atoms with Crippen molar-refractivity contribution >= 4 is 34.9 Å². The Morgan fingerprint density at radius 2 is 1.77 bits per heavy atom. The molecule has 3 rings (SSSR count). The molecule has 0 saturated heterocycles. The second-order valence-electron chi connectivity index (χ2n) is 6.47. The van der Waals surface area contributed by atoms with Gasteiger partial charge >= 0.3 is 6.03 Å². The van der Waals surface area contributed by atoms with Crippen molar-refractivity contribution < 1.29 is 9.53 Å². The molecule has 0 saturated carbocycles. The molecule has 0 atom stereocenters. The maximum absolute atomic E-state index is 12.3. The minimum atomic E-state index is -0.352. The van der Waals surface area contributed by atoms with Crippen molar-refractivity contribution in [3.05, 3.63) is 93.5 Å². The van der Waals surface area contributed by atoms with Gasteiger partial charge in [-0.2, -0.15) is 5.26 Å². The number of hydrogen-bond donors (Lipinski definition) is 2. The van der Waals surface area contributed by atoms with Crippen LogP contribution in [0.5, 0.6) is 5.75 Å². The first kappa shape index (κ1) is 21.5. The number of anilines is 1. The Balaban J connectivity index is 1.57. The average molecular weight is 440 g/mol. The number of nitriles is 1. The highest BCUT2D eigenvalue weighted by Gasteiger charge is 2.08. The molecule has 152 valence electrons. The van der Waals surface area contributed by atoms with Crippen molar-refractivity contribution in [1.29, 1.82) is 5.26 Å². The molecular formula is C23H19Cl2N3O2. The number of para-hydroxylation sites is 1. The number of ether oxygens (including phenoxy) is 1. The van der Waals surface area contributed by atoms with Crippen molar-refractivity contribution in [1.82, 2.24) is 5.32 Å². The van der Waals surface area contributed by atoms with Crippen LogP contribution in [-0.2, 0) is 19.6 Å². The number of urea groups is 1. The van der Waals surface area contributed by atoms with Crippen LogP contribution in [0.25, 0.3) is 0 Å². The van der Waals surface area contributed by atoms with Crippen LogP contribution in [0.4, 0.5) is 10.5 Å². The van der Waals surface area contributed by atoms with Gasteiger partial charge in [0, 0.05) is 27.8 Å². The summed E-state index contributed by atoms with van der Waals surface area (Å²) in [4.78, 5) is 12.3. The topological polar surface area (TPSA) is 74.1 Å². The van der Waals surface area contributed by atoms with E-state index in [1.807, 2.05) is 48.5 Å². The van der Waals surface area contributed by atoms with Crippen LogP contribution in [0.15, 0.2) is 66.7 Å². The molecule has 0 aromatic heterocycles. The highest BCUT2D eigenvalue weighted by molar-refractivity contribution is 6.35. The van der Waals surface area contributed by atoms with Crippen LogP contribution in [-0.4, -0.2) is 6.03 Å². The summed E-state index contributed by atoms with van der Waals surface area (Å²) in [6.07, 6.45) is 0.364. The molecule has 2 N–H and O–H groups in total. The van der Waals surface area contributed by atoms with Gasteiger partial charge in [0.2, 0.25) is 0 Å². The van der Waals surface area contributed by atoms with E-state index in [9.17, 15) is 4.79 Å². The number of carbonyl (C=O) groups is 1. The third kappa shape index (κ3) is 6.15. The smallest absolute Gasteiger partial charge is 0.319 e. The van der Waals surface area contributed by atoms with Gasteiger partial charge in [-0.3, -0.25) is 0 Å². The number of rotatable bonds is 7. The van der Waals surface area contributed by atoms with Gasteiger partial charge in [-0.05, 0) is 41.5 Å². The number of nitrogens with zero attached hydrogens (tertiary/aromatic N) is 1. The Kier molecular flexibility index (Phi) is 7.56. The number of hydrogen-bond acceptors (Lipinski definition) is 3. The summed E-state index contributed by atoms with van der Waals surface area (Å²) >= 11 is 12.0. The first-order chi connectivity index (χ1) is 14.5. The van der Waals surface area contributed by atoms with E-state index in [-0.39, 0.29) is 19.2 Å². The molecule has 7 heteroatoms. The predicted octanol–water partition coefficient (Wildman–Crippen LogP) is 5.96. The van der Waals surface area contributed by atoms with Gasteiger partial charge < -0.3 is 15.4 Å². The Morgan fingerprint density at radius 1 is 1.00 bits per heavy atom. The van der Waals surface area contributed by atoms with Crippen molar-refractivity contribution in [2.24, 2.45) is 0 Å². The lowest BCUT2D eigenvalue weighted by Crippen LogP contribution is -2.28. The van der Waals surface area contributed by atoms with Crippen LogP contribution in [0.2, 0.25) is 10.0 Å². The fourth-order valence-corrected chi connectivity index (χ4v) is 3.21. The average Bonchev–Trinajstić information content (AvgIpc) is 2.74. The van der Waals surface area contributed by atoms with Crippen LogP contribution in [0, 0.1) is 11.3 Å². The summed E-state index contributed by atoms with van der Waals surface area (Å²) < 4.78 is 5.82. The fourth-order valence-electron chi connectivity index (χ4n) is 2.73. The highest BCUT2D eigenvalue weighted by atomic mass is 35.5. The molecule has 3 aromatic carbocycles. The van der Waals surface area contributed by atoms with Crippen molar-refractivity contribution in [3.8, 4) is 11.8 Å². The van der Waals surface area contributed by atoms with Crippen molar-refractivity contribution in [2.75, 3.05) is 5.32 Å². The zero-order valence-electron chi connectivity index (χ0n) is 16.0. The monoisotopic (exact) mass is 439 g/mol.